The molecule has 0 bridgehead atoms. The highest BCUT2D eigenvalue weighted by atomic mass is 35.5. The zero-order valence-electron chi connectivity index (χ0n) is 19.9. The van der Waals surface area contributed by atoms with Gasteiger partial charge in [-0.3, -0.25) is 9.59 Å². The molecule has 2 amide bonds. The first-order valence-corrected chi connectivity index (χ1v) is 13.8. The van der Waals surface area contributed by atoms with Crippen molar-refractivity contribution >= 4 is 50.6 Å². The lowest BCUT2D eigenvalue weighted by Crippen LogP contribution is -2.62. The van der Waals surface area contributed by atoms with E-state index in [0.717, 1.165) is 33.8 Å². The number of hydrogen-bond donors (Lipinski definition) is 3. The fraction of sp³-hybridized carbons (Fsp3) is 0.261. The van der Waals surface area contributed by atoms with Gasteiger partial charge >= 0.3 is 6.18 Å². The van der Waals surface area contributed by atoms with Crippen LogP contribution in [-0.2, 0) is 32.5 Å². The summed E-state index contributed by atoms with van der Waals surface area (Å²) < 4.78 is 79.9. The summed E-state index contributed by atoms with van der Waals surface area (Å²) in [5, 5.41) is 5.26. The van der Waals surface area contributed by atoms with E-state index in [1.54, 1.807) is 0 Å². The summed E-state index contributed by atoms with van der Waals surface area (Å²) in [4.78, 5) is 30.4. The fourth-order valence-corrected chi connectivity index (χ4v) is 5.99. The van der Waals surface area contributed by atoms with Crippen LogP contribution < -0.4 is 15.4 Å². The summed E-state index contributed by atoms with van der Waals surface area (Å²) in [5.41, 5.74) is -0.181. The molecule has 2 heterocycles. The molecule has 2 atom stereocenters. The van der Waals surface area contributed by atoms with Crippen molar-refractivity contribution in [3.05, 3.63) is 69.9 Å². The maximum absolute atomic E-state index is 13.4. The maximum atomic E-state index is 13.4. The molecule has 0 saturated carbocycles. The van der Waals surface area contributed by atoms with Crippen LogP contribution in [0.1, 0.15) is 16.9 Å². The van der Waals surface area contributed by atoms with E-state index in [1.165, 1.54) is 37.5 Å². The van der Waals surface area contributed by atoms with Crippen LogP contribution in [0.25, 0.3) is 10.6 Å². The number of alkyl halides is 3. The summed E-state index contributed by atoms with van der Waals surface area (Å²) in [7, 11) is -3.02. The van der Waals surface area contributed by atoms with Gasteiger partial charge in [0.05, 0.1) is 17.1 Å². The van der Waals surface area contributed by atoms with Gasteiger partial charge < -0.3 is 10.6 Å². The van der Waals surface area contributed by atoms with Crippen molar-refractivity contribution in [3.8, 4) is 10.6 Å². The lowest BCUT2D eigenvalue weighted by Gasteiger charge is -2.35. The third-order valence-corrected chi connectivity index (χ3v) is 8.76. The van der Waals surface area contributed by atoms with Crippen molar-refractivity contribution < 1.29 is 35.6 Å². The number of nitrogens with zero attached hydrogens (tertiary/aromatic N) is 2. The van der Waals surface area contributed by atoms with Crippen LogP contribution in [0.4, 0.5) is 23.2 Å². The predicted molar refractivity (Wildman–Crippen MR) is 136 cm³/mol. The van der Waals surface area contributed by atoms with E-state index in [9.17, 15) is 35.6 Å². The highest BCUT2D eigenvalue weighted by Gasteiger charge is 2.42. The van der Waals surface area contributed by atoms with Crippen LogP contribution >= 0.6 is 22.9 Å². The molecule has 0 aliphatic carbocycles. The van der Waals surface area contributed by atoms with Gasteiger partial charge in [-0.2, -0.15) is 30.6 Å². The molecule has 3 aromatic rings. The predicted octanol–water partition coefficient (Wildman–Crippen LogP) is 3.78. The van der Waals surface area contributed by atoms with E-state index < -0.39 is 51.7 Å². The topological polar surface area (TPSA) is 120 Å². The van der Waals surface area contributed by atoms with E-state index in [-0.39, 0.29) is 23.7 Å². The standard InChI is InChI=1S/C23H20ClF4N5O4S2/c1-33-19(21(35)31-14-6-7-17(25)16(24)8-14)9-18(32-39(33,36)37)20(34)29-10-15-11-30-22(38-15)12-2-4-13(5-3-12)23(26,27)28/h2-8,11,18-19,32H,9-10H2,1H3,(H,29,34)(H,31,35). The normalized spacial score (nSPS) is 19.4. The number of anilines is 1. The Hall–Kier alpha value is -3.11. The number of thiazole rings is 1. The summed E-state index contributed by atoms with van der Waals surface area (Å²) in [6, 6.07) is 5.41. The largest absolute Gasteiger partial charge is 0.416 e. The van der Waals surface area contributed by atoms with Gasteiger partial charge in [-0.1, -0.05) is 23.7 Å². The molecule has 0 spiro atoms. The molecule has 9 nitrogen and oxygen atoms in total. The molecule has 2 aromatic carbocycles. The molecule has 1 saturated heterocycles. The summed E-state index contributed by atoms with van der Waals surface area (Å²) in [5.74, 6) is -2.13. The molecule has 1 aromatic heterocycles. The highest BCUT2D eigenvalue weighted by molar-refractivity contribution is 7.87. The van der Waals surface area contributed by atoms with Crippen molar-refractivity contribution in [2.45, 2.75) is 31.2 Å². The Morgan fingerprint density at radius 3 is 2.51 bits per heavy atom. The fourth-order valence-electron chi connectivity index (χ4n) is 3.70. The monoisotopic (exact) mass is 605 g/mol. The Kier molecular flexibility index (Phi) is 8.28. The van der Waals surface area contributed by atoms with Crippen molar-refractivity contribution in [2.75, 3.05) is 12.4 Å². The smallest absolute Gasteiger partial charge is 0.350 e. The SMILES string of the molecule is CN1C(C(=O)Nc2ccc(F)c(Cl)c2)CC(C(=O)NCc2cnc(-c3ccc(C(F)(F)F)cc3)s2)NS1(=O)=O. The van der Waals surface area contributed by atoms with Gasteiger partial charge in [-0.25, -0.2) is 9.37 Å². The van der Waals surface area contributed by atoms with Gasteiger partial charge in [0.2, 0.25) is 11.8 Å². The molecular weight excluding hydrogens is 586 g/mol. The minimum absolute atomic E-state index is 0.0316. The van der Waals surface area contributed by atoms with E-state index in [0.29, 0.717) is 15.4 Å². The molecular formula is C23H20ClF4N5O4S2. The number of carbonyl (C=O) groups is 2. The molecule has 3 N–H and O–H groups in total. The Morgan fingerprint density at radius 2 is 1.87 bits per heavy atom. The first-order chi connectivity index (χ1) is 18.2. The van der Waals surface area contributed by atoms with Gasteiger partial charge in [-0.05, 0) is 36.8 Å². The van der Waals surface area contributed by atoms with E-state index in [1.807, 2.05) is 0 Å². The third-order valence-electron chi connectivity index (χ3n) is 5.82. The number of nitrogens with one attached hydrogen (secondary N) is 3. The van der Waals surface area contributed by atoms with Gasteiger partial charge in [0.25, 0.3) is 10.2 Å². The quantitative estimate of drug-likeness (QED) is 0.370. The molecule has 0 radical (unpaired) electrons. The first-order valence-electron chi connectivity index (χ1n) is 11.2. The van der Waals surface area contributed by atoms with Crippen LogP contribution in [0.3, 0.4) is 0 Å². The lowest BCUT2D eigenvalue weighted by molar-refractivity contribution is -0.137. The number of halogens is 5. The second-order valence-corrected chi connectivity index (χ2v) is 11.8. The first kappa shape index (κ1) is 28.9. The van der Waals surface area contributed by atoms with E-state index in [2.05, 4.69) is 20.3 Å². The van der Waals surface area contributed by atoms with Gasteiger partial charge in [0, 0.05) is 29.4 Å². The molecule has 1 aliphatic rings. The Morgan fingerprint density at radius 1 is 1.18 bits per heavy atom. The van der Waals surface area contributed by atoms with Crippen molar-refractivity contribution in [1.29, 1.82) is 0 Å². The molecule has 39 heavy (non-hydrogen) atoms. The number of benzene rings is 2. The summed E-state index contributed by atoms with van der Waals surface area (Å²) in [6.07, 6.45) is -3.22. The zero-order valence-corrected chi connectivity index (χ0v) is 22.3. The minimum Gasteiger partial charge on any atom is -0.350 e. The molecule has 4 rings (SSSR count). The molecule has 208 valence electrons. The minimum atomic E-state index is -4.46. The van der Waals surface area contributed by atoms with E-state index >= 15 is 0 Å². The van der Waals surface area contributed by atoms with Crippen molar-refractivity contribution in [3.63, 3.8) is 0 Å². The van der Waals surface area contributed by atoms with E-state index in [4.69, 9.17) is 11.6 Å². The average molecular weight is 606 g/mol. The molecule has 2 unspecified atom stereocenters. The zero-order chi connectivity index (χ0) is 28.5. The van der Waals surface area contributed by atoms with Crippen LogP contribution in [0.5, 0.6) is 0 Å². The maximum Gasteiger partial charge on any atom is 0.416 e. The average Bonchev–Trinajstić information content (AvgIpc) is 3.35. The summed E-state index contributed by atoms with van der Waals surface area (Å²) in [6.45, 7) is -0.0316. The Balaban J connectivity index is 1.40. The molecule has 1 aliphatic heterocycles. The second kappa shape index (κ2) is 11.2. The van der Waals surface area contributed by atoms with Gasteiger partial charge in [0.1, 0.15) is 22.9 Å². The van der Waals surface area contributed by atoms with Gasteiger partial charge in [-0.15, -0.1) is 11.3 Å². The van der Waals surface area contributed by atoms with Crippen LogP contribution in [-0.4, -0.2) is 48.7 Å². The van der Waals surface area contributed by atoms with Crippen LogP contribution in [0.2, 0.25) is 5.02 Å². The van der Waals surface area contributed by atoms with Crippen LogP contribution in [0, 0.1) is 5.82 Å². The number of aromatic nitrogens is 1. The number of likely N-dealkylation sites (N-methyl/N-ethyl adjacent to an activating group) is 1. The number of carbonyl (C=O) groups excluding carboxylic acids is 2. The number of amides is 2. The van der Waals surface area contributed by atoms with Crippen molar-refractivity contribution in [2.24, 2.45) is 0 Å². The van der Waals surface area contributed by atoms with Crippen LogP contribution in [0.15, 0.2) is 48.7 Å². The van der Waals surface area contributed by atoms with Crippen molar-refractivity contribution in [1.82, 2.24) is 19.3 Å². The second-order valence-electron chi connectivity index (χ2n) is 8.49. The Labute approximate surface area is 229 Å². The molecule has 16 heteroatoms. The highest BCUT2D eigenvalue weighted by Crippen LogP contribution is 2.32. The number of rotatable bonds is 6. The molecule has 1 fully saturated rings. The van der Waals surface area contributed by atoms with Gasteiger partial charge in [0.15, 0.2) is 0 Å². The number of hydrogen-bond acceptors (Lipinski definition) is 6. The lowest BCUT2D eigenvalue weighted by atomic mass is 10.1. The third kappa shape index (κ3) is 6.73. The summed E-state index contributed by atoms with van der Waals surface area (Å²) >= 11 is 6.87. The Bertz CT molecular complexity index is 1500.